The van der Waals surface area contributed by atoms with Crippen LogP contribution < -0.4 is 9.80 Å². The molecule has 9 aromatic carbocycles. The molecule has 0 saturated heterocycles. The Hall–Kier alpha value is -6.90. The van der Waals surface area contributed by atoms with E-state index in [0.29, 0.717) is 0 Å². The molecule has 0 radical (unpaired) electrons. The summed E-state index contributed by atoms with van der Waals surface area (Å²) in [5, 5.41) is 4.92. The van der Waals surface area contributed by atoms with Gasteiger partial charge in [0, 0.05) is 39.2 Å². The molecule has 0 atom stereocenters. The van der Waals surface area contributed by atoms with Crippen LogP contribution in [0.2, 0.25) is 0 Å². The molecule has 0 fully saturated rings. The number of hydrogen-bond donors (Lipinski definition) is 0. The second kappa shape index (κ2) is 13.2. The molecular formula is C53H40N2. The van der Waals surface area contributed by atoms with Gasteiger partial charge in [0.05, 0.1) is 5.69 Å². The summed E-state index contributed by atoms with van der Waals surface area (Å²) in [6.07, 6.45) is 0. The van der Waals surface area contributed by atoms with Gasteiger partial charge >= 0.3 is 0 Å². The molecule has 0 aromatic heterocycles. The van der Waals surface area contributed by atoms with Crippen LogP contribution in [-0.4, -0.2) is 0 Å². The van der Waals surface area contributed by atoms with Gasteiger partial charge in [-0.15, -0.1) is 0 Å². The molecule has 0 saturated carbocycles. The number of para-hydroxylation sites is 1. The van der Waals surface area contributed by atoms with Crippen molar-refractivity contribution in [3.63, 3.8) is 0 Å². The van der Waals surface area contributed by atoms with E-state index >= 15 is 0 Å². The number of hydrogen-bond acceptors (Lipinski definition) is 2. The molecule has 1 aliphatic rings. The maximum absolute atomic E-state index is 2.43. The largest absolute Gasteiger partial charge is 0.310 e. The van der Waals surface area contributed by atoms with Crippen LogP contribution in [0, 0.1) is 0 Å². The fourth-order valence-corrected chi connectivity index (χ4v) is 8.60. The lowest BCUT2D eigenvalue weighted by molar-refractivity contribution is 0.660. The number of anilines is 6. The average molecular weight is 705 g/mol. The molecule has 55 heavy (non-hydrogen) atoms. The SMILES string of the molecule is CC1(C)c2cc(N(c3ccc(-c4ccccc4)cc3)c3ccc4ccccc4c3)ccc2-c2ccc(N(c3ccccc3)c3cccc4ccccc34)cc21. The van der Waals surface area contributed by atoms with Gasteiger partial charge < -0.3 is 9.80 Å². The zero-order chi connectivity index (χ0) is 36.9. The van der Waals surface area contributed by atoms with Crippen LogP contribution in [0.3, 0.4) is 0 Å². The van der Waals surface area contributed by atoms with E-state index in [9.17, 15) is 0 Å². The van der Waals surface area contributed by atoms with E-state index in [4.69, 9.17) is 0 Å². The Labute approximate surface area is 323 Å². The maximum Gasteiger partial charge on any atom is 0.0540 e. The Balaban J connectivity index is 1.09. The first kappa shape index (κ1) is 32.7. The third-order valence-corrected chi connectivity index (χ3v) is 11.4. The van der Waals surface area contributed by atoms with Gasteiger partial charge in [0.1, 0.15) is 0 Å². The van der Waals surface area contributed by atoms with Crippen molar-refractivity contribution in [1.29, 1.82) is 0 Å². The molecular weight excluding hydrogens is 665 g/mol. The zero-order valence-corrected chi connectivity index (χ0v) is 31.0. The Bertz CT molecular complexity index is 2830. The van der Waals surface area contributed by atoms with E-state index in [1.807, 2.05) is 0 Å². The number of nitrogens with zero attached hydrogens (tertiary/aromatic N) is 2. The fourth-order valence-electron chi connectivity index (χ4n) is 8.60. The van der Waals surface area contributed by atoms with Crippen molar-refractivity contribution in [1.82, 2.24) is 0 Å². The monoisotopic (exact) mass is 704 g/mol. The van der Waals surface area contributed by atoms with Crippen molar-refractivity contribution in [3.05, 3.63) is 217 Å². The van der Waals surface area contributed by atoms with Crippen molar-refractivity contribution in [2.75, 3.05) is 9.80 Å². The number of benzene rings is 9. The summed E-state index contributed by atoms with van der Waals surface area (Å²) in [5.41, 5.74) is 14.3. The fraction of sp³-hybridized carbons (Fsp3) is 0.0566. The summed E-state index contributed by atoms with van der Waals surface area (Å²) in [6.45, 7) is 4.76. The molecule has 0 aliphatic heterocycles. The van der Waals surface area contributed by atoms with E-state index in [1.54, 1.807) is 0 Å². The van der Waals surface area contributed by atoms with Gasteiger partial charge in [-0.3, -0.25) is 0 Å². The highest BCUT2D eigenvalue weighted by atomic mass is 15.1. The Kier molecular flexibility index (Phi) is 7.85. The summed E-state index contributed by atoms with van der Waals surface area (Å²) >= 11 is 0. The molecule has 0 unspecified atom stereocenters. The highest BCUT2D eigenvalue weighted by Gasteiger charge is 2.37. The summed E-state index contributed by atoms with van der Waals surface area (Å²) in [5.74, 6) is 0. The van der Waals surface area contributed by atoms with Crippen LogP contribution in [0.25, 0.3) is 43.8 Å². The van der Waals surface area contributed by atoms with Crippen LogP contribution >= 0.6 is 0 Å². The molecule has 0 N–H and O–H groups in total. The third kappa shape index (κ3) is 5.66. The molecule has 0 bridgehead atoms. The van der Waals surface area contributed by atoms with Crippen LogP contribution in [0.4, 0.5) is 34.1 Å². The average Bonchev–Trinajstić information content (AvgIpc) is 3.47. The number of fused-ring (bicyclic) bond motifs is 5. The van der Waals surface area contributed by atoms with Crippen molar-refractivity contribution in [3.8, 4) is 22.3 Å². The van der Waals surface area contributed by atoms with Crippen molar-refractivity contribution in [2.24, 2.45) is 0 Å². The third-order valence-electron chi connectivity index (χ3n) is 11.4. The van der Waals surface area contributed by atoms with E-state index in [0.717, 1.165) is 28.4 Å². The molecule has 10 rings (SSSR count). The molecule has 0 heterocycles. The molecule has 2 heteroatoms. The predicted molar refractivity (Wildman–Crippen MR) is 234 cm³/mol. The van der Waals surface area contributed by atoms with Gasteiger partial charge in [-0.05, 0) is 116 Å². The minimum atomic E-state index is -0.232. The molecule has 2 nitrogen and oxygen atoms in total. The van der Waals surface area contributed by atoms with Gasteiger partial charge in [0.2, 0.25) is 0 Å². The van der Waals surface area contributed by atoms with Gasteiger partial charge in [0.25, 0.3) is 0 Å². The zero-order valence-electron chi connectivity index (χ0n) is 31.0. The van der Waals surface area contributed by atoms with Gasteiger partial charge in [-0.25, -0.2) is 0 Å². The summed E-state index contributed by atoms with van der Waals surface area (Å²) in [4.78, 5) is 4.82. The smallest absolute Gasteiger partial charge is 0.0540 e. The highest BCUT2D eigenvalue weighted by Crippen LogP contribution is 2.53. The summed E-state index contributed by atoms with van der Waals surface area (Å²) in [6, 6.07) is 75.1. The minimum absolute atomic E-state index is 0.232. The first-order valence-electron chi connectivity index (χ1n) is 19.1. The Morgan fingerprint density at radius 3 is 1.53 bits per heavy atom. The van der Waals surface area contributed by atoms with E-state index < -0.39 is 0 Å². The standard InChI is InChI=1S/C53H40N2/c1-53(2)50-35-45(54(44-29-26-38-16-9-10-18-41(38)34-44)43-27-24-39(25-28-43)37-14-5-3-6-15-37)30-32-48(50)49-33-31-46(36-51(49)53)55(42-20-7-4-8-21-42)52-23-13-19-40-17-11-12-22-47(40)52/h3-36H,1-2H3. The van der Waals surface area contributed by atoms with E-state index in [2.05, 4.69) is 230 Å². The molecule has 262 valence electrons. The lowest BCUT2D eigenvalue weighted by Gasteiger charge is -2.29. The van der Waals surface area contributed by atoms with Crippen molar-refractivity contribution in [2.45, 2.75) is 19.3 Å². The first-order valence-corrected chi connectivity index (χ1v) is 19.1. The number of rotatable bonds is 7. The normalized spacial score (nSPS) is 12.7. The minimum Gasteiger partial charge on any atom is -0.310 e. The van der Waals surface area contributed by atoms with Crippen LogP contribution in [0.5, 0.6) is 0 Å². The maximum atomic E-state index is 2.43. The van der Waals surface area contributed by atoms with Crippen LogP contribution in [0.15, 0.2) is 206 Å². The van der Waals surface area contributed by atoms with E-state index in [1.165, 1.54) is 60.6 Å². The van der Waals surface area contributed by atoms with Crippen LogP contribution in [-0.2, 0) is 5.41 Å². The van der Waals surface area contributed by atoms with Crippen molar-refractivity contribution < 1.29 is 0 Å². The van der Waals surface area contributed by atoms with Gasteiger partial charge in [-0.1, -0.05) is 153 Å². The second-order valence-corrected chi connectivity index (χ2v) is 15.0. The summed E-state index contributed by atoms with van der Waals surface area (Å²) in [7, 11) is 0. The summed E-state index contributed by atoms with van der Waals surface area (Å²) < 4.78 is 0. The lowest BCUT2D eigenvalue weighted by Crippen LogP contribution is -2.17. The molecule has 9 aromatic rings. The second-order valence-electron chi connectivity index (χ2n) is 15.0. The molecule has 0 spiro atoms. The Morgan fingerprint density at radius 2 is 0.818 bits per heavy atom. The topological polar surface area (TPSA) is 6.48 Å². The predicted octanol–water partition coefficient (Wildman–Crippen LogP) is 14.9. The van der Waals surface area contributed by atoms with Crippen LogP contribution in [0.1, 0.15) is 25.0 Å². The lowest BCUT2D eigenvalue weighted by atomic mass is 9.82. The van der Waals surface area contributed by atoms with Gasteiger partial charge in [-0.2, -0.15) is 0 Å². The highest BCUT2D eigenvalue weighted by molar-refractivity contribution is 5.99. The first-order chi connectivity index (χ1) is 27.0. The molecule has 0 amide bonds. The van der Waals surface area contributed by atoms with E-state index in [-0.39, 0.29) is 5.41 Å². The quantitative estimate of drug-likeness (QED) is 0.163. The molecule has 1 aliphatic carbocycles. The Morgan fingerprint density at radius 1 is 0.327 bits per heavy atom. The van der Waals surface area contributed by atoms with Crippen molar-refractivity contribution >= 4 is 55.7 Å². The van der Waals surface area contributed by atoms with Gasteiger partial charge in [0.15, 0.2) is 0 Å².